The fraction of sp³-hybridized carbons (Fsp3) is 0.647. The van der Waals surface area contributed by atoms with E-state index in [0.717, 1.165) is 24.8 Å². The van der Waals surface area contributed by atoms with Gasteiger partial charge in [-0.25, -0.2) is 0 Å². The van der Waals surface area contributed by atoms with Gasteiger partial charge in [0, 0.05) is 0 Å². The third-order valence-electron chi connectivity index (χ3n) is 3.79. The minimum Gasteiger partial charge on any atom is -0.263 e. The van der Waals surface area contributed by atoms with Crippen LogP contribution in [0.5, 0.6) is 0 Å². The lowest BCUT2D eigenvalue weighted by molar-refractivity contribution is 0.208. The Balaban J connectivity index is 2.74. The van der Waals surface area contributed by atoms with E-state index in [2.05, 4.69) is 27.7 Å². The van der Waals surface area contributed by atoms with E-state index >= 15 is 0 Å². The Morgan fingerprint density at radius 2 is 1.57 bits per heavy atom. The van der Waals surface area contributed by atoms with Crippen LogP contribution in [0.1, 0.15) is 65.4 Å². The van der Waals surface area contributed by atoms with Crippen LogP contribution in [0.2, 0.25) is 0 Å². The summed E-state index contributed by atoms with van der Waals surface area (Å²) in [5, 5.41) is 0. The molecule has 0 aromatic heterocycles. The Bertz CT molecular complexity index is 517. The van der Waals surface area contributed by atoms with Gasteiger partial charge in [0.15, 0.2) is 0 Å². The van der Waals surface area contributed by atoms with Crippen LogP contribution in [0, 0.1) is 5.92 Å². The highest BCUT2D eigenvalue weighted by Gasteiger charge is 2.19. The SMILES string of the molecule is CCC(C)c1ccc(S(=O)(=O)OC(C)CCC(C)C)cc1. The molecule has 2 atom stereocenters. The highest BCUT2D eigenvalue weighted by molar-refractivity contribution is 7.86. The van der Waals surface area contributed by atoms with E-state index in [0.29, 0.717) is 11.8 Å². The molecule has 0 spiro atoms. The van der Waals surface area contributed by atoms with Gasteiger partial charge in [-0.2, -0.15) is 8.42 Å². The Hall–Kier alpha value is -0.870. The van der Waals surface area contributed by atoms with E-state index in [-0.39, 0.29) is 11.0 Å². The zero-order valence-electron chi connectivity index (χ0n) is 13.8. The van der Waals surface area contributed by atoms with Gasteiger partial charge in [0.05, 0.1) is 11.0 Å². The maximum Gasteiger partial charge on any atom is 0.297 e. The largest absolute Gasteiger partial charge is 0.297 e. The van der Waals surface area contributed by atoms with Crippen molar-refractivity contribution in [3.05, 3.63) is 29.8 Å². The Kier molecular flexibility index (Phi) is 6.88. The summed E-state index contributed by atoms with van der Waals surface area (Å²) < 4.78 is 29.7. The minimum absolute atomic E-state index is 0.242. The second kappa shape index (κ2) is 7.95. The average Bonchev–Trinajstić information content (AvgIpc) is 2.44. The zero-order valence-corrected chi connectivity index (χ0v) is 14.6. The van der Waals surface area contributed by atoms with Gasteiger partial charge in [0.25, 0.3) is 10.1 Å². The van der Waals surface area contributed by atoms with Crippen LogP contribution in [-0.4, -0.2) is 14.5 Å². The molecule has 0 N–H and O–H groups in total. The van der Waals surface area contributed by atoms with Gasteiger partial charge in [-0.3, -0.25) is 4.18 Å². The molecular formula is C17H28O3S. The number of hydrogen-bond acceptors (Lipinski definition) is 3. The predicted octanol–water partition coefficient (Wildman–Crippen LogP) is 4.73. The fourth-order valence-corrected chi connectivity index (χ4v) is 3.20. The molecule has 0 saturated heterocycles. The molecule has 0 heterocycles. The molecule has 1 aromatic rings. The third kappa shape index (κ3) is 5.79. The number of rotatable bonds is 8. The fourth-order valence-electron chi connectivity index (χ4n) is 2.09. The Morgan fingerprint density at radius 3 is 2.05 bits per heavy atom. The number of benzene rings is 1. The maximum atomic E-state index is 12.2. The minimum atomic E-state index is -3.66. The average molecular weight is 312 g/mol. The van der Waals surface area contributed by atoms with Crippen LogP contribution >= 0.6 is 0 Å². The topological polar surface area (TPSA) is 43.4 Å². The highest BCUT2D eigenvalue weighted by Crippen LogP contribution is 2.22. The monoisotopic (exact) mass is 312 g/mol. The lowest BCUT2D eigenvalue weighted by atomic mass is 9.99. The van der Waals surface area contributed by atoms with Crippen molar-refractivity contribution in [3.63, 3.8) is 0 Å². The van der Waals surface area contributed by atoms with Gasteiger partial charge < -0.3 is 0 Å². The molecule has 0 aliphatic heterocycles. The van der Waals surface area contributed by atoms with E-state index in [9.17, 15) is 8.42 Å². The molecule has 0 radical (unpaired) electrons. The normalized spacial score (nSPS) is 15.1. The van der Waals surface area contributed by atoms with Crippen molar-refractivity contribution in [1.29, 1.82) is 0 Å². The second-order valence-corrected chi connectivity index (χ2v) is 7.78. The first-order valence-corrected chi connectivity index (χ1v) is 9.20. The molecular weight excluding hydrogens is 284 g/mol. The maximum absolute atomic E-state index is 12.2. The Labute approximate surface area is 129 Å². The molecule has 2 unspecified atom stereocenters. The second-order valence-electron chi connectivity index (χ2n) is 6.21. The molecule has 21 heavy (non-hydrogen) atoms. The molecule has 3 nitrogen and oxygen atoms in total. The van der Waals surface area contributed by atoms with Crippen molar-refractivity contribution >= 4 is 10.1 Å². The predicted molar refractivity (Wildman–Crippen MR) is 87.0 cm³/mol. The lowest BCUT2D eigenvalue weighted by Gasteiger charge is -2.15. The number of hydrogen-bond donors (Lipinski definition) is 0. The van der Waals surface area contributed by atoms with Crippen LogP contribution in [0.25, 0.3) is 0 Å². The molecule has 0 aliphatic carbocycles. The summed E-state index contributed by atoms with van der Waals surface area (Å²) in [6.45, 7) is 10.3. The van der Waals surface area contributed by atoms with Gasteiger partial charge >= 0.3 is 0 Å². The molecule has 0 aliphatic rings. The van der Waals surface area contributed by atoms with Gasteiger partial charge in [0.1, 0.15) is 0 Å². The molecule has 4 heteroatoms. The molecule has 0 amide bonds. The summed E-state index contributed by atoms with van der Waals surface area (Å²) in [5.41, 5.74) is 1.16. The third-order valence-corrected chi connectivity index (χ3v) is 5.22. The van der Waals surface area contributed by atoms with E-state index < -0.39 is 10.1 Å². The van der Waals surface area contributed by atoms with Crippen molar-refractivity contribution in [2.45, 2.75) is 70.8 Å². The summed E-state index contributed by atoms with van der Waals surface area (Å²) in [6.07, 6.45) is 2.46. The summed E-state index contributed by atoms with van der Waals surface area (Å²) in [5.74, 6) is 0.987. The molecule has 120 valence electrons. The van der Waals surface area contributed by atoms with Crippen LogP contribution in [0.3, 0.4) is 0 Å². The van der Waals surface area contributed by atoms with Crippen molar-refractivity contribution < 1.29 is 12.6 Å². The smallest absolute Gasteiger partial charge is 0.263 e. The Morgan fingerprint density at radius 1 is 1.00 bits per heavy atom. The summed E-state index contributed by atoms with van der Waals surface area (Å²) in [4.78, 5) is 0.242. The molecule has 1 aromatic carbocycles. The van der Waals surface area contributed by atoms with Crippen LogP contribution in [0.4, 0.5) is 0 Å². The van der Waals surface area contributed by atoms with E-state index in [1.807, 2.05) is 19.1 Å². The van der Waals surface area contributed by atoms with Crippen molar-refractivity contribution in [3.8, 4) is 0 Å². The summed E-state index contributed by atoms with van der Waals surface area (Å²) in [7, 11) is -3.66. The first kappa shape index (κ1) is 18.2. The van der Waals surface area contributed by atoms with Gasteiger partial charge in [-0.05, 0) is 55.7 Å². The highest BCUT2D eigenvalue weighted by atomic mass is 32.2. The first-order chi connectivity index (χ1) is 9.76. The molecule has 0 fully saturated rings. The molecule has 0 bridgehead atoms. The van der Waals surface area contributed by atoms with Gasteiger partial charge in [-0.15, -0.1) is 0 Å². The zero-order chi connectivity index (χ0) is 16.0. The van der Waals surface area contributed by atoms with Crippen LogP contribution < -0.4 is 0 Å². The van der Waals surface area contributed by atoms with E-state index in [1.165, 1.54) is 0 Å². The summed E-state index contributed by atoms with van der Waals surface area (Å²) >= 11 is 0. The standard InChI is InChI=1S/C17H28O3S/c1-6-14(4)16-9-11-17(12-10-16)21(18,19)20-15(5)8-7-13(2)3/h9-15H,6-8H2,1-5H3. The van der Waals surface area contributed by atoms with Crippen LogP contribution in [0.15, 0.2) is 29.2 Å². The summed E-state index contributed by atoms with van der Waals surface area (Å²) in [6, 6.07) is 7.05. The van der Waals surface area contributed by atoms with Gasteiger partial charge in [-0.1, -0.05) is 39.8 Å². The van der Waals surface area contributed by atoms with E-state index in [4.69, 9.17) is 4.18 Å². The molecule has 0 saturated carbocycles. The lowest BCUT2D eigenvalue weighted by Crippen LogP contribution is -2.16. The quantitative estimate of drug-likeness (QED) is 0.652. The van der Waals surface area contributed by atoms with Crippen molar-refractivity contribution in [2.75, 3.05) is 0 Å². The van der Waals surface area contributed by atoms with Crippen molar-refractivity contribution in [1.82, 2.24) is 0 Å². The first-order valence-electron chi connectivity index (χ1n) is 7.79. The van der Waals surface area contributed by atoms with Crippen molar-refractivity contribution in [2.24, 2.45) is 5.92 Å². The van der Waals surface area contributed by atoms with Gasteiger partial charge in [0.2, 0.25) is 0 Å². The van der Waals surface area contributed by atoms with Crippen LogP contribution in [-0.2, 0) is 14.3 Å². The molecule has 1 rings (SSSR count). The van der Waals surface area contributed by atoms with E-state index in [1.54, 1.807) is 12.1 Å².